The molecule has 0 spiro atoms. The Morgan fingerprint density at radius 1 is 1.00 bits per heavy atom. The van der Waals surface area contributed by atoms with Crippen LogP contribution in [0.2, 0.25) is 0 Å². The van der Waals surface area contributed by atoms with Gasteiger partial charge in [-0.3, -0.25) is 4.79 Å². The highest BCUT2D eigenvalue weighted by Crippen LogP contribution is 2.12. The molecule has 4 nitrogen and oxygen atoms in total. The van der Waals surface area contributed by atoms with Gasteiger partial charge >= 0.3 is 5.97 Å². The molecule has 4 heteroatoms. The summed E-state index contributed by atoms with van der Waals surface area (Å²) in [6, 6.07) is 0. The second-order valence-electron chi connectivity index (χ2n) is 4.86. The summed E-state index contributed by atoms with van der Waals surface area (Å²) in [5.74, 6) is -0.505. The van der Waals surface area contributed by atoms with Crippen LogP contribution >= 0.6 is 0 Å². The van der Waals surface area contributed by atoms with Crippen molar-refractivity contribution in [3.8, 4) is 0 Å². The molecule has 110 valence electrons. The molecule has 0 saturated heterocycles. The largest absolute Gasteiger partial charge is 0.466 e. The van der Waals surface area contributed by atoms with E-state index in [4.69, 9.17) is 4.74 Å². The van der Waals surface area contributed by atoms with Gasteiger partial charge in [-0.15, -0.1) is 0 Å². The molecule has 0 bridgehead atoms. The number of esters is 1. The number of unbranched alkanes of at least 4 members (excludes halogenated alkanes) is 5. The van der Waals surface area contributed by atoms with Gasteiger partial charge in [0.25, 0.3) is 0 Å². The Kier molecular flexibility index (Phi) is 12.4. The van der Waals surface area contributed by atoms with E-state index in [9.17, 15) is 14.4 Å². The molecule has 0 aromatic rings. The third-order valence-electron chi connectivity index (χ3n) is 3.08. The molecule has 0 unspecified atom stereocenters. The van der Waals surface area contributed by atoms with E-state index in [0.717, 1.165) is 25.4 Å². The van der Waals surface area contributed by atoms with Gasteiger partial charge in [0.05, 0.1) is 6.61 Å². The average molecular weight is 270 g/mol. The number of hydrogen-bond donors (Lipinski definition) is 0. The standard InChI is InChI=1S/C15H26O4/c1-2-3-4-5-6-7-12-19-15(18)13-14(8-10-16)9-11-17/h10-11,14H,2-9,12-13H2,1H3. The molecule has 0 amide bonds. The lowest BCUT2D eigenvalue weighted by molar-refractivity contribution is -0.145. The second-order valence-corrected chi connectivity index (χ2v) is 4.86. The van der Waals surface area contributed by atoms with Gasteiger partial charge in [-0.1, -0.05) is 39.0 Å². The zero-order chi connectivity index (χ0) is 14.3. The number of carbonyl (C=O) groups excluding carboxylic acids is 3. The average Bonchev–Trinajstić information content (AvgIpc) is 2.38. The van der Waals surface area contributed by atoms with Crippen LogP contribution in [0.5, 0.6) is 0 Å². The number of ether oxygens (including phenoxy) is 1. The van der Waals surface area contributed by atoms with Gasteiger partial charge in [0.2, 0.25) is 0 Å². The highest BCUT2D eigenvalue weighted by Gasteiger charge is 2.14. The SMILES string of the molecule is CCCCCCCCOC(=O)CC(CC=O)CC=O. The minimum Gasteiger partial charge on any atom is -0.466 e. The van der Waals surface area contributed by atoms with Crippen molar-refractivity contribution in [2.24, 2.45) is 5.92 Å². The Morgan fingerprint density at radius 3 is 2.16 bits per heavy atom. The number of hydrogen-bond acceptors (Lipinski definition) is 4. The van der Waals surface area contributed by atoms with Crippen LogP contribution in [-0.2, 0) is 19.1 Å². The lowest BCUT2D eigenvalue weighted by atomic mass is 9.99. The maximum atomic E-state index is 11.5. The van der Waals surface area contributed by atoms with Crippen molar-refractivity contribution in [3.63, 3.8) is 0 Å². The maximum Gasteiger partial charge on any atom is 0.306 e. The Balaban J connectivity index is 3.56. The first kappa shape index (κ1) is 17.8. The van der Waals surface area contributed by atoms with Crippen LogP contribution in [0.3, 0.4) is 0 Å². The summed E-state index contributed by atoms with van der Waals surface area (Å²) in [5, 5.41) is 0. The summed E-state index contributed by atoms with van der Waals surface area (Å²) >= 11 is 0. The fourth-order valence-corrected chi connectivity index (χ4v) is 1.90. The highest BCUT2D eigenvalue weighted by molar-refractivity contribution is 5.71. The van der Waals surface area contributed by atoms with E-state index < -0.39 is 0 Å². The summed E-state index contributed by atoms with van der Waals surface area (Å²) in [5.41, 5.74) is 0. The van der Waals surface area contributed by atoms with Crippen molar-refractivity contribution in [3.05, 3.63) is 0 Å². The monoisotopic (exact) mass is 270 g/mol. The maximum absolute atomic E-state index is 11.5. The molecule has 0 N–H and O–H groups in total. The first-order chi connectivity index (χ1) is 9.24. The highest BCUT2D eigenvalue weighted by atomic mass is 16.5. The number of rotatable bonds is 13. The van der Waals surface area contributed by atoms with Gasteiger partial charge in [0.15, 0.2) is 0 Å². The van der Waals surface area contributed by atoms with E-state index in [-0.39, 0.29) is 31.1 Å². The van der Waals surface area contributed by atoms with Crippen molar-refractivity contribution in [2.75, 3.05) is 6.61 Å². The van der Waals surface area contributed by atoms with Crippen LogP contribution < -0.4 is 0 Å². The Morgan fingerprint density at radius 2 is 1.58 bits per heavy atom. The molecule has 0 aliphatic rings. The van der Waals surface area contributed by atoms with Crippen LogP contribution in [-0.4, -0.2) is 25.1 Å². The molecule has 19 heavy (non-hydrogen) atoms. The van der Waals surface area contributed by atoms with Crippen molar-refractivity contribution in [1.29, 1.82) is 0 Å². The molecule has 0 aromatic carbocycles. The molecule has 0 rings (SSSR count). The van der Waals surface area contributed by atoms with Crippen molar-refractivity contribution in [1.82, 2.24) is 0 Å². The fourth-order valence-electron chi connectivity index (χ4n) is 1.90. The quantitative estimate of drug-likeness (QED) is 0.293. The minimum absolute atomic E-state index is 0.160. The van der Waals surface area contributed by atoms with Gasteiger partial charge in [-0.05, 0) is 12.3 Å². The fraction of sp³-hybridized carbons (Fsp3) is 0.800. The second kappa shape index (κ2) is 13.2. The van der Waals surface area contributed by atoms with E-state index >= 15 is 0 Å². The third kappa shape index (κ3) is 11.6. The predicted molar refractivity (Wildman–Crippen MR) is 73.8 cm³/mol. The van der Waals surface area contributed by atoms with E-state index in [2.05, 4.69) is 6.92 Å². The first-order valence-electron chi connectivity index (χ1n) is 7.27. The normalized spacial score (nSPS) is 10.4. The topological polar surface area (TPSA) is 60.4 Å². The molecule has 0 aromatic heterocycles. The Bertz CT molecular complexity index is 241. The smallest absolute Gasteiger partial charge is 0.306 e. The minimum atomic E-state index is -0.303. The van der Waals surface area contributed by atoms with Crippen molar-refractivity contribution >= 4 is 18.5 Å². The zero-order valence-electron chi connectivity index (χ0n) is 11.9. The molecular weight excluding hydrogens is 244 g/mol. The van der Waals surface area contributed by atoms with Crippen molar-refractivity contribution in [2.45, 2.75) is 64.7 Å². The van der Waals surface area contributed by atoms with Crippen LogP contribution in [0, 0.1) is 5.92 Å². The molecule has 0 saturated carbocycles. The first-order valence-corrected chi connectivity index (χ1v) is 7.27. The van der Waals surface area contributed by atoms with Crippen LogP contribution in [0.15, 0.2) is 0 Å². The molecule has 0 heterocycles. The Labute approximate surface area is 115 Å². The lowest BCUT2D eigenvalue weighted by Gasteiger charge is -2.10. The van der Waals surface area contributed by atoms with Gasteiger partial charge in [-0.2, -0.15) is 0 Å². The van der Waals surface area contributed by atoms with Gasteiger partial charge in [0, 0.05) is 19.3 Å². The molecular formula is C15H26O4. The summed E-state index contributed by atoms with van der Waals surface area (Å²) in [4.78, 5) is 32.3. The molecule has 0 fully saturated rings. The Hall–Kier alpha value is -1.19. The van der Waals surface area contributed by atoms with Crippen molar-refractivity contribution < 1.29 is 19.1 Å². The molecule has 0 atom stereocenters. The summed E-state index contributed by atoms with van der Waals surface area (Å²) in [7, 11) is 0. The summed E-state index contributed by atoms with van der Waals surface area (Å²) in [6.45, 7) is 2.62. The third-order valence-corrected chi connectivity index (χ3v) is 3.08. The van der Waals surface area contributed by atoms with Crippen LogP contribution in [0.1, 0.15) is 64.7 Å². The van der Waals surface area contributed by atoms with Crippen LogP contribution in [0.4, 0.5) is 0 Å². The molecule has 0 aliphatic carbocycles. The van der Waals surface area contributed by atoms with Gasteiger partial charge in [-0.25, -0.2) is 0 Å². The van der Waals surface area contributed by atoms with Gasteiger partial charge in [0.1, 0.15) is 12.6 Å². The number of carbonyl (C=O) groups is 3. The van der Waals surface area contributed by atoms with E-state index in [0.29, 0.717) is 6.61 Å². The molecule has 0 aliphatic heterocycles. The van der Waals surface area contributed by atoms with E-state index in [1.165, 1.54) is 25.7 Å². The zero-order valence-corrected chi connectivity index (χ0v) is 11.9. The lowest BCUT2D eigenvalue weighted by Crippen LogP contribution is -2.13. The predicted octanol–water partition coefficient (Wildman–Crippen LogP) is 3.07. The van der Waals surface area contributed by atoms with Gasteiger partial charge < -0.3 is 14.3 Å². The van der Waals surface area contributed by atoms with E-state index in [1.54, 1.807) is 0 Å². The molecule has 0 radical (unpaired) electrons. The van der Waals surface area contributed by atoms with Crippen LogP contribution in [0.25, 0.3) is 0 Å². The number of aldehydes is 2. The summed E-state index contributed by atoms with van der Waals surface area (Å²) < 4.78 is 5.10. The summed E-state index contributed by atoms with van der Waals surface area (Å²) in [6.07, 6.45) is 9.02. The van der Waals surface area contributed by atoms with E-state index in [1.807, 2.05) is 0 Å².